The minimum Gasteiger partial charge on any atom is -0.309 e. The van der Waals surface area contributed by atoms with Crippen molar-refractivity contribution in [2.24, 2.45) is 5.41 Å². The van der Waals surface area contributed by atoms with Gasteiger partial charge in [0.05, 0.1) is 6.04 Å². The highest BCUT2D eigenvalue weighted by Crippen LogP contribution is 2.26. The van der Waals surface area contributed by atoms with E-state index in [1.807, 2.05) is 45.0 Å². The monoisotopic (exact) mass is 291 g/mol. The quantitative estimate of drug-likeness (QED) is 0.868. The van der Waals surface area contributed by atoms with Gasteiger partial charge in [-0.2, -0.15) is 0 Å². The van der Waals surface area contributed by atoms with Crippen LogP contribution in [-0.4, -0.2) is 20.5 Å². The Morgan fingerprint density at radius 2 is 1.75 bits per heavy atom. The molecule has 1 heterocycles. The molecule has 0 saturated carbocycles. The maximum absolute atomic E-state index is 12.6. The molecule has 0 aliphatic rings. The van der Waals surface area contributed by atoms with E-state index in [0.717, 1.165) is 5.56 Å². The number of aromatic nitrogens is 3. The molecule has 0 N–H and O–H groups in total. The van der Waals surface area contributed by atoms with Crippen LogP contribution in [-0.2, 0) is 11.2 Å². The van der Waals surface area contributed by atoms with E-state index in [0.29, 0.717) is 11.4 Å². The lowest BCUT2D eigenvalue weighted by molar-refractivity contribution is -0.129. The van der Waals surface area contributed by atoms with Gasteiger partial charge in [0.15, 0.2) is 5.78 Å². The van der Waals surface area contributed by atoms with E-state index in [9.17, 15) is 4.79 Å². The third-order valence-corrected chi connectivity index (χ3v) is 3.43. The lowest BCUT2D eigenvalue weighted by Crippen LogP contribution is -2.31. The summed E-state index contributed by atoms with van der Waals surface area (Å²) in [5.41, 5.74) is 0.646. The molecule has 1 unspecified atom stereocenters. The number of rotatable bonds is 4. The van der Waals surface area contributed by atoms with Crippen molar-refractivity contribution in [2.75, 3.05) is 0 Å². The molecule has 5 heteroatoms. The van der Waals surface area contributed by atoms with Gasteiger partial charge in [0.25, 0.3) is 0 Å². The Kier molecular flexibility index (Phi) is 4.23. The number of carbonyl (C=O) groups is 1. The van der Waals surface area contributed by atoms with E-state index < -0.39 is 5.41 Å². The molecule has 0 aliphatic heterocycles. The van der Waals surface area contributed by atoms with E-state index in [1.54, 1.807) is 17.2 Å². The normalized spacial score (nSPS) is 13.2. The number of nitrogens with zero attached hydrogens (tertiary/aromatic N) is 3. The number of ketones is 1. The largest absolute Gasteiger partial charge is 0.309 e. The van der Waals surface area contributed by atoms with Gasteiger partial charge in [-0.15, -0.1) is 10.2 Å². The van der Waals surface area contributed by atoms with Crippen molar-refractivity contribution in [3.63, 3.8) is 0 Å². The second-order valence-electron chi connectivity index (χ2n) is 5.87. The van der Waals surface area contributed by atoms with Gasteiger partial charge >= 0.3 is 0 Å². The molecule has 1 aromatic heterocycles. The van der Waals surface area contributed by atoms with E-state index in [2.05, 4.69) is 10.2 Å². The number of Topliss-reactive ketones (excluding diaryl/α,β-unsaturated/α-hetero) is 1. The highest BCUT2D eigenvalue weighted by atomic mass is 35.5. The first kappa shape index (κ1) is 14.7. The zero-order valence-corrected chi connectivity index (χ0v) is 12.6. The zero-order chi connectivity index (χ0) is 14.8. The van der Waals surface area contributed by atoms with Gasteiger partial charge < -0.3 is 4.57 Å². The maximum atomic E-state index is 12.6. The molecule has 2 aromatic rings. The number of halogens is 1. The van der Waals surface area contributed by atoms with E-state index in [4.69, 9.17) is 11.6 Å². The molecule has 0 aliphatic carbocycles. The van der Waals surface area contributed by atoms with Crippen molar-refractivity contribution in [3.8, 4) is 0 Å². The second-order valence-corrected chi connectivity index (χ2v) is 6.31. The Bertz CT molecular complexity index is 570. The summed E-state index contributed by atoms with van der Waals surface area (Å²) < 4.78 is 1.77. The summed E-state index contributed by atoms with van der Waals surface area (Å²) in [5, 5.41) is 8.30. The lowest BCUT2D eigenvalue weighted by atomic mass is 9.84. The third kappa shape index (κ3) is 3.45. The van der Waals surface area contributed by atoms with Gasteiger partial charge in [-0.25, -0.2) is 0 Å². The van der Waals surface area contributed by atoms with E-state index >= 15 is 0 Å². The molecule has 0 spiro atoms. The number of benzene rings is 1. The molecule has 106 valence electrons. The van der Waals surface area contributed by atoms with Gasteiger partial charge in [-0.05, 0) is 17.7 Å². The Morgan fingerprint density at radius 3 is 2.25 bits per heavy atom. The number of hydrogen-bond donors (Lipinski definition) is 0. The van der Waals surface area contributed by atoms with Gasteiger partial charge in [0, 0.05) is 16.9 Å². The summed E-state index contributed by atoms with van der Waals surface area (Å²) in [6, 6.07) is 7.25. The molecule has 20 heavy (non-hydrogen) atoms. The fourth-order valence-electron chi connectivity index (χ4n) is 2.05. The van der Waals surface area contributed by atoms with Gasteiger partial charge in [-0.1, -0.05) is 44.5 Å². The molecular weight excluding hydrogens is 274 g/mol. The summed E-state index contributed by atoms with van der Waals surface area (Å²) >= 11 is 5.89. The minimum absolute atomic E-state index is 0.159. The van der Waals surface area contributed by atoms with Gasteiger partial charge in [0.2, 0.25) is 0 Å². The second kappa shape index (κ2) is 5.75. The first-order valence-electron chi connectivity index (χ1n) is 6.51. The van der Waals surface area contributed by atoms with Crippen molar-refractivity contribution >= 4 is 17.4 Å². The van der Waals surface area contributed by atoms with Crippen molar-refractivity contribution in [1.29, 1.82) is 0 Å². The molecule has 0 amide bonds. The lowest BCUT2D eigenvalue weighted by Gasteiger charge is -2.25. The van der Waals surface area contributed by atoms with Crippen molar-refractivity contribution in [1.82, 2.24) is 14.8 Å². The molecule has 0 bridgehead atoms. The van der Waals surface area contributed by atoms with Crippen LogP contribution < -0.4 is 0 Å². The summed E-state index contributed by atoms with van der Waals surface area (Å²) in [5.74, 6) is 0.159. The first-order valence-corrected chi connectivity index (χ1v) is 6.88. The summed E-state index contributed by atoms with van der Waals surface area (Å²) in [6.07, 6.45) is 3.78. The SMILES string of the molecule is CC(C)(C)C(=O)C(Cc1ccc(Cl)cc1)n1cnnc1. The topological polar surface area (TPSA) is 47.8 Å². The Balaban J connectivity index is 2.28. The zero-order valence-electron chi connectivity index (χ0n) is 11.9. The van der Waals surface area contributed by atoms with Crippen LogP contribution >= 0.6 is 11.6 Å². The number of carbonyl (C=O) groups excluding carboxylic acids is 1. The maximum Gasteiger partial charge on any atom is 0.161 e. The molecule has 0 fully saturated rings. The molecule has 1 atom stereocenters. The number of hydrogen-bond acceptors (Lipinski definition) is 3. The highest BCUT2D eigenvalue weighted by molar-refractivity contribution is 6.30. The van der Waals surface area contributed by atoms with Crippen LogP contribution in [0.3, 0.4) is 0 Å². The van der Waals surface area contributed by atoms with Crippen molar-refractivity contribution in [2.45, 2.75) is 33.2 Å². The van der Waals surface area contributed by atoms with Gasteiger partial charge in [0.1, 0.15) is 12.7 Å². The average molecular weight is 292 g/mol. The van der Waals surface area contributed by atoms with Crippen LogP contribution in [0.5, 0.6) is 0 Å². The molecule has 0 radical (unpaired) electrons. The van der Waals surface area contributed by atoms with E-state index in [-0.39, 0.29) is 11.8 Å². The molecule has 2 rings (SSSR count). The van der Waals surface area contributed by atoms with Crippen LogP contribution in [0.15, 0.2) is 36.9 Å². The third-order valence-electron chi connectivity index (χ3n) is 3.18. The smallest absolute Gasteiger partial charge is 0.161 e. The minimum atomic E-state index is -0.415. The van der Waals surface area contributed by atoms with Crippen molar-refractivity contribution in [3.05, 3.63) is 47.5 Å². The average Bonchev–Trinajstić information content (AvgIpc) is 2.90. The standard InChI is InChI=1S/C15H18ClN3O/c1-15(2,3)14(20)13(19-9-17-18-10-19)8-11-4-6-12(16)7-5-11/h4-7,9-10,13H,8H2,1-3H3. The van der Waals surface area contributed by atoms with Gasteiger partial charge in [-0.3, -0.25) is 4.79 Å². The predicted octanol–water partition coefficient (Wildman–Crippen LogP) is 3.33. The fourth-order valence-corrected chi connectivity index (χ4v) is 2.17. The molecule has 4 nitrogen and oxygen atoms in total. The summed E-state index contributed by atoms with van der Waals surface area (Å²) in [7, 11) is 0. The Morgan fingerprint density at radius 1 is 1.20 bits per heavy atom. The van der Waals surface area contributed by atoms with Crippen LogP contribution in [0.25, 0.3) is 0 Å². The van der Waals surface area contributed by atoms with Crippen LogP contribution in [0.4, 0.5) is 0 Å². The molecule has 1 aromatic carbocycles. The Hall–Kier alpha value is -1.68. The van der Waals surface area contributed by atoms with Crippen molar-refractivity contribution < 1.29 is 4.79 Å². The Labute approximate surface area is 123 Å². The first-order chi connectivity index (χ1) is 9.38. The van der Waals surface area contributed by atoms with Crippen LogP contribution in [0, 0.1) is 5.41 Å². The van der Waals surface area contributed by atoms with Crippen LogP contribution in [0.1, 0.15) is 32.4 Å². The summed E-state index contributed by atoms with van der Waals surface area (Å²) in [6.45, 7) is 5.78. The molecule has 0 saturated heterocycles. The molecular formula is C15H18ClN3O. The summed E-state index contributed by atoms with van der Waals surface area (Å²) in [4.78, 5) is 12.6. The van der Waals surface area contributed by atoms with Crippen LogP contribution in [0.2, 0.25) is 5.02 Å². The fraction of sp³-hybridized carbons (Fsp3) is 0.400. The predicted molar refractivity (Wildman–Crippen MR) is 78.7 cm³/mol. The highest BCUT2D eigenvalue weighted by Gasteiger charge is 2.30. The van der Waals surface area contributed by atoms with E-state index in [1.165, 1.54) is 0 Å².